The van der Waals surface area contributed by atoms with Gasteiger partial charge in [0.05, 0.1) is 17.5 Å². The van der Waals surface area contributed by atoms with Crippen molar-refractivity contribution in [3.05, 3.63) is 33.3 Å². The smallest absolute Gasteiger partial charge is 0.305 e. The Morgan fingerprint density at radius 2 is 2.18 bits per heavy atom. The third-order valence-corrected chi connectivity index (χ3v) is 3.33. The molecule has 1 rings (SSSR count). The van der Waals surface area contributed by atoms with E-state index in [-0.39, 0.29) is 12.3 Å². The van der Waals surface area contributed by atoms with E-state index in [1.807, 2.05) is 0 Å². The molecule has 0 radical (unpaired) electrons. The highest BCUT2D eigenvalue weighted by molar-refractivity contribution is 9.10. The highest BCUT2D eigenvalue weighted by atomic mass is 79.9. The summed E-state index contributed by atoms with van der Waals surface area (Å²) >= 11 is 9.17. The molecule has 0 aromatic heterocycles. The standard InChI is InChI=1S/C11H11BrClNO3/c1-6(15)14-10(5-11(16)17)7-2-3-8(12)9(13)4-7/h2-4,10H,5H2,1H3,(H,14,15)(H,16,17)/t10-/m0/s1. The second-order valence-electron chi connectivity index (χ2n) is 3.52. The average molecular weight is 321 g/mol. The predicted molar refractivity (Wildman–Crippen MR) is 68.0 cm³/mol. The topological polar surface area (TPSA) is 66.4 Å². The van der Waals surface area contributed by atoms with Gasteiger partial charge in [-0.3, -0.25) is 9.59 Å². The monoisotopic (exact) mass is 319 g/mol. The van der Waals surface area contributed by atoms with Gasteiger partial charge < -0.3 is 10.4 Å². The van der Waals surface area contributed by atoms with Gasteiger partial charge in [-0.15, -0.1) is 0 Å². The van der Waals surface area contributed by atoms with Crippen molar-refractivity contribution in [1.82, 2.24) is 5.32 Å². The molecule has 0 bridgehead atoms. The lowest BCUT2D eigenvalue weighted by atomic mass is 10.0. The predicted octanol–water partition coefficient (Wildman–Crippen LogP) is 2.75. The van der Waals surface area contributed by atoms with Gasteiger partial charge in [0.1, 0.15) is 0 Å². The third kappa shape index (κ3) is 4.36. The molecule has 0 aliphatic rings. The molecule has 0 saturated heterocycles. The number of carbonyl (C=O) groups excluding carboxylic acids is 1. The van der Waals surface area contributed by atoms with Crippen LogP contribution in [0.25, 0.3) is 0 Å². The van der Waals surface area contributed by atoms with Crippen LogP contribution in [0.2, 0.25) is 5.02 Å². The van der Waals surface area contributed by atoms with Crippen LogP contribution in [0.5, 0.6) is 0 Å². The molecule has 6 heteroatoms. The number of carboxylic acids is 1. The lowest BCUT2D eigenvalue weighted by Crippen LogP contribution is -2.27. The van der Waals surface area contributed by atoms with Crippen LogP contribution in [0.3, 0.4) is 0 Å². The van der Waals surface area contributed by atoms with E-state index in [9.17, 15) is 9.59 Å². The highest BCUT2D eigenvalue weighted by Crippen LogP contribution is 2.27. The van der Waals surface area contributed by atoms with E-state index >= 15 is 0 Å². The van der Waals surface area contributed by atoms with E-state index in [2.05, 4.69) is 21.2 Å². The Morgan fingerprint density at radius 3 is 2.65 bits per heavy atom. The molecule has 0 unspecified atom stereocenters. The van der Waals surface area contributed by atoms with Gasteiger partial charge >= 0.3 is 5.97 Å². The zero-order valence-electron chi connectivity index (χ0n) is 9.04. The number of carbonyl (C=O) groups is 2. The summed E-state index contributed by atoms with van der Waals surface area (Å²) in [7, 11) is 0. The van der Waals surface area contributed by atoms with Crippen LogP contribution in [-0.2, 0) is 9.59 Å². The molecule has 1 atom stereocenters. The summed E-state index contributed by atoms with van der Waals surface area (Å²) in [5.41, 5.74) is 0.663. The summed E-state index contributed by atoms with van der Waals surface area (Å²) < 4.78 is 0.722. The summed E-state index contributed by atoms with van der Waals surface area (Å²) in [6.07, 6.45) is -0.183. The lowest BCUT2D eigenvalue weighted by molar-refractivity contribution is -0.137. The van der Waals surface area contributed by atoms with Crippen LogP contribution in [-0.4, -0.2) is 17.0 Å². The van der Waals surface area contributed by atoms with Crippen molar-refractivity contribution in [2.45, 2.75) is 19.4 Å². The number of aliphatic carboxylic acids is 1. The summed E-state index contributed by atoms with van der Waals surface area (Å²) in [6, 6.07) is 4.50. The van der Waals surface area contributed by atoms with Crippen molar-refractivity contribution in [2.75, 3.05) is 0 Å². The zero-order valence-corrected chi connectivity index (χ0v) is 11.4. The number of hydrogen-bond donors (Lipinski definition) is 2. The Labute approximate surface area is 112 Å². The summed E-state index contributed by atoms with van der Waals surface area (Å²) in [4.78, 5) is 21.7. The number of halogens is 2. The van der Waals surface area contributed by atoms with Crippen molar-refractivity contribution in [3.8, 4) is 0 Å². The quantitative estimate of drug-likeness (QED) is 0.896. The molecule has 0 aliphatic carbocycles. The van der Waals surface area contributed by atoms with Gasteiger partial charge in [0.2, 0.25) is 5.91 Å². The Kier molecular flexibility index (Phi) is 4.96. The maximum Gasteiger partial charge on any atom is 0.305 e. The maximum atomic E-state index is 11.0. The minimum Gasteiger partial charge on any atom is -0.481 e. The lowest BCUT2D eigenvalue weighted by Gasteiger charge is -2.16. The minimum atomic E-state index is -0.984. The van der Waals surface area contributed by atoms with E-state index < -0.39 is 12.0 Å². The summed E-state index contributed by atoms with van der Waals surface area (Å²) in [5.74, 6) is -1.27. The number of amides is 1. The molecule has 1 amide bonds. The van der Waals surface area contributed by atoms with Crippen LogP contribution in [0.15, 0.2) is 22.7 Å². The van der Waals surface area contributed by atoms with Crippen LogP contribution in [0.1, 0.15) is 24.9 Å². The molecule has 0 aliphatic heterocycles. The fourth-order valence-corrected chi connectivity index (χ4v) is 1.84. The van der Waals surface area contributed by atoms with Gasteiger partial charge in [-0.1, -0.05) is 17.7 Å². The molecule has 0 fully saturated rings. The first-order valence-corrected chi connectivity index (χ1v) is 6.01. The SMILES string of the molecule is CC(=O)N[C@@H](CC(=O)O)c1ccc(Br)c(Cl)c1. The fourth-order valence-electron chi connectivity index (χ4n) is 1.40. The van der Waals surface area contributed by atoms with Gasteiger partial charge in [0.25, 0.3) is 0 Å². The summed E-state index contributed by atoms with van der Waals surface area (Å²) in [6.45, 7) is 1.34. The molecule has 92 valence electrons. The fraction of sp³-hybridized carbons (Fsp3) is 0.273. The second-order valence-corrected chi connectivity index (χ2v) is 4.79. The van der Waals surface area contributed by atoms with Crippen molar-refractivity contribution >= 4 is 39.4 Å². The van der Waals surface area contributed by atoms with Crippen LogP contribution in [0, 0.1) is 0 Å². The van der Waals surface area contributed by atoms with Crippen LogP contribution in [0.4, 0.5) is 0 Å². The van der Waals surface area contributed by atoms with Gasteiger partial charge in [0, 0.05) is 11.4 Å². The first kappa shape index (κ1) is 14.0. The van der Waals surface area contributed by atoms with Crippen LogP contribution >= 0.6 is 27.5 Å². The molecule has 17 heavy (non-hydrogen) atoms. The molecule has 0 saturated carbocycles. The summed E-state index contributed by atoms with van der Waals surface area (Å²) in [5, 5.41) is 11.8. The largest absolute Gasteiger partial charge is 0.481 e. The number of nitrogens with one attached hydrogen (secondary N) is 1. The van der Waals surface area contributed by atoms with Crippen molar-refractivity contribution < 1.29 is 14.7 Å². The van der Waals surface area contributed by atoms with Gasteiger partial charge in [-0.2, -0.15) is 0 Å². The minimum absolute atomic E-state index is 0.183. The van der Waals surface area contributed by atoms with Gasteiger partial charge in [-0.25, -0.2) is 0 Å². The number of hydrogen-bond acceptors (Lipinski definition) is 2. The van der Waals surface area contributed by atoms with E-state index in [0.29, 0.717) is 10.6 Å². The molecule has 2 N–H and O–H groups in total. The maximum absolute atomic E-state index is 11.0. The average Bonchev–Trinajstić information content (AvgIpc) is 2.19. The normalized spacial score (nSPS) is 11.9. The van der Waals surface area contributed by atoms with E-state index in [1.165, 1.54) is 6.92 Å². The molecule has 0 spiro atoms. The Hall–Kier alpha value is -1.07. The van der Waals surface area contributed by atoms with Gasteiger partial charge in [-0.05, 0) is 33.6 Å². The molecular weight excluding hydrogens is 309 g/mol. The van der Waals surface area contributed by atoms with Crippen molar-refractivity contribution in [2.24, 2.45) is 0 Å². The number of rotatable bonds is 4. The zero-order chi connectivity index (χ0) is 13.0. The Balaban J connectivity index is 2.98. The number of benzene rings is 1. The molecular formula is C11H11BrClNO3. The molecule has 1 aromatic rings. The Bertz CT molecular complexity index is 434. The van der Waals surface area contributed by atoms with E-state index in [0.717, 1.165) is 4.47 Å². The third-order valence-electron chi connectivity index (χ3n) is 2.10. The van der Waals surface area contributed by atoms with E-state index in [1.54, 1.807) is 18.2 Å². The molecule has 0 heterocycles. The second kappa shape index (κ2) is 6.02. The molecule has 1 aromatic carbocycles. The first-order chi connectivity index (χ1) is 7.90. The van der Waals surface area contributed by atoms with Crippen molar-refractivity contribution in [1.29, 1.82) is 0 Å². The number of carboxylic acid groups (broad SMARTS) is 1. The van der Waals surface area contributed by atoms with E-state index in [4.69, 9.17) is 16.7 Å². The van der Waals surface area contributed by atoms with Crippen LogP contribution < -0.4 is 5.32 Å². The van der Waals surface area contributed by atoms with Gasteiger partial charge in [0.15, 0.2) is 0 Å². The molecule has 4 nitrogen and oxygen atoms in total. The Morgan fingerprint density at radius 1 is 1.53 bits per heavy atom. The van der Waals surface area contributed by atoms with Crippen molar-refractivity contribution in [3.63, 3.8) is 0 Å². The first-order valence-electron chi connectivity index (χ1n) is 4.84. The highest BCUT2D eigenvalue weighted by Gasteiger charge is 2.17.